The average molecular weight is 305 g/mol. The molecule has 1 spiro atoms. The molecule has 3 rings (SSSR count). The van der Waals surface area contributed by atoms with Crippen LogP contribution in [-0.2, 0) is 4.79 Å². The molecule has 4 heteroatoms. The van der Waals surface area contributed by atoms with Crippen molar-refractivity contribution in [3.8, 4) is 0 Å². The van der Waals surface area contributed by atoms with Gasteiger partial charge in [-0.05, 0) is 37.5 Å². The summed E-state index contributed by atoms with van der Waals surface area (Å²) in [6.45, 7) is 15.1. The molecule has 0 bridgehead atoms. The molecule has 1 saturated carbocycles. The van der Waals surface area contributed by atoms with Crippen molar-refractivity contribution in [2.24, 2.45) is 28.7 Å². The van der Waals surface area contributed by atoms with Gasteiger partial charge < -0.3 is 4.90 Å². The van der Waals surface area contributed by atoms with E-state index in [4.69, 9.17) is 4.99 Å². The molecule has 0 N–H and O–H groups in total. The second-order valence-electron chi connectivity index (χ2n) is 8.41. The van der Waals surface area contributed by atoms with Crippen LogP contribution in [0.1, 0.15) is 47.5 Å². The first kappa shape index (κ1) is 16.0. The molecule has 3 aliphatic rings. The van der Waals surface area contributed by atoms with Crippen molar-refractivity contribution in [2.75, 3.05) is 26.2 Å². The van der Waals surface area contributed by atoms with Crippen molar-refractivity contribution in [3.05, 3.63) is 0 Å². The normalized spacial score (nSPS) is 35.3. The summed E-state index contributed by atoms with van der Waals surface area (Å²) in [5, 5.41) is 0. The van der Waals surface area contributed by atoms with E-state index < -0.39 is 5.54 Å². The molecule has 1 saturated heterocycles. The predicted molar refractivity (Wildman–Crippen MR) is 89.9 cm³/mol. The van der Waals surface area contributed by atoms with Crippen molar-refractivity contribution >= 4 is 11.7 Å². The van der Waals surface area contributed by atoms with Gasteiger partial charge in [-0.25, -0.2) is 0 Å². The third kappa shape index (κ3) is 2.49. The number of amides is 1. The molecule has 0 aromatic heterocycles. The molecule has 1 amide bonds. The summed E-state index contributed by atoms with van der Waals surface area (Å²) in [6.07, 6.45) is 2.12. The molecule has 0 radical (unpaired) electrons. The molecule has 1 aliphatic carbocycles. The Bertz CT molecular complexity index is 485. The quantitative estimate of drug-likeness (QED) is 0.800. The van der Waals surface area contributed by atoms with Crippen LogP contribution in [0.4, 0.5) is 0 Å². The van der Waals surface area contributed by atoms with E-state index in [0.29, 0.717) is 23.7 Å². The van der Waals surface area contributed by atoms with Gasteiger partial charge in [0, 0.05) is 32.1 Å². The number of carbonyl (C=O) groups excluding carboxylic acids is 1. The lowest BCUT2D eigenvalue weighted by molar-refractivity contribution is -0.132. The van der Waals surface area contributed by atoms with E-state index in [9.17, 15) is 4.79 Å². The van der Waals surface area contributed by atoms with E-state index in [2.05, 4.69) is 32.6 Å². The number of hydrogen-bond donors (Lipinski definition) is 0. The number of carbonyl (C=O) groups is 1. The zero-order valence-electron chi connectivity index (χ0n) is 14.8. The number of amidine groups is 1. The van der Waals surface area contributed by atoms with Crippen LogP contribution in [0.15, 0.2) is 4.99 Å². The summed E-state index contributed by atoms with van der Waals surface area (Å²) in [5.41, 5.74) is -0.421. The fourth-order valence-electron chi connectivity index (χ4n) is 4.81. The highest BCUT2D eigenvalue weighted by molar-refractivity contribution is 6.07. The summed E-state index contributed by atoms with van der Waals surface area (Å²) >= 11 is 0. The van der Waals surface area contributed by atoms with Crippen LogP contribution in [0.3, 0.4) is 0 Å². The summed E-state index contributed by atoms with van der Waals surface area (Å²) in [6, 6.07) is 0. The Labute approximate surface area is 135 Å². The first-order chi connectivity index (χ1) is 10.3. The molecule has 2 fully saturated rings. The van der Waals surface area contributed by atoms with Crippen molar-refractivity contribution in [3.63, 3.8) is 0 Å². The van der Waals surface area contributed by atoms with E-state index in [0.717, 1.165) is 44.9 Å². The Morgan fingerprint density at radius 1 is 1.18 bits per heavy atom. The Kier molecular flexibility index (Phi) is 4.09. The third-order valence-corrected chi connectivity index (χ3v) is 5.56. The van der Waals surface area contributed by atoms with Crippen molar-refractivity contribution < 1.29 is 4.79 Å². The predicted octanol–water partition coefficient (Wildman–Crippen LogP) is 2.64. The van der Waals surface area contributed by atoms with Gasteiger partial charge in [0.2, 0.25) is 0 Å². The lowest BCUT2D eigenvalue weighted by Crippen LogP contribution is -2.47. The zero-order chi connectivity index (χ0) is 16.1. The Morgan fingerprint density at radius 2 is 1.86 bits per heavy atom. The number of rotatable bonds is 4. The molecule has 124 valence electrons. The highest BCUT2D eigenvalue weighted by Gasteiger charge is 2.60. The van der Waals surface area contributed by atoms with Crippen molar-refractivity contribution in [2.45, 2.75) is 53.0 Å². The fourth-order valence-corrected chi connectivity index (χ4v) is 4.81. The van der Waals surface area contributed by atoms with E-state index in [1.165, 1.54) is 0 Å². The summed E-state index contributed by atoms with van der Waals surface area (Å²) in [4.78, 5) is 22.6. The van der Waals surface area contributed by atoms with Gasteiger partial charge in [0.1, 0.15) is 11.4 Å². The lowest BCUT2D eigenvalue weighted by Gasteiger charge is -2.29. The van der Waals surface area contributed by atoms with E-state index >= 15 is 0 Å². The number of fused-ring (bicyclic) bond motifs is 2. The van der Waals surface area contributed by atoms with E-state index in [-0.39, 0.29) is 5.91 Å². The lowest BCUT2D eigenvalue weighted by atomic mass is 9.84. The van der Waals surface area contributed by atoms with E-state index in [1.807, 2.05) is 11.8 Å². The van der Waals surface area contributed by atoms with Gasteiger partial charge in [-0.15, -0.1) is 0 Å². The van der Waals surface area contributed by atoms with Gasteiger partial charge in [0.25, 0.3) is 5.91 Å². The fraction of sp³-hybridized carbons (Fsp3) is 0.889. The number of likely N-dealkylation sites (tertiary alicyclic amines) is 1. The third-order valence-electron chi connectivity index (χ3n) is 5.56. The summed E-state index contributed by atoms with van der Waals surface area (Å²) < 4.78 is 0. The maximum Gasteiger partial charge on any atom is 0.256 e. The summed E-state index contributed by atoms with van der Waals surface area (Å²) in [7, 11) is 0. The van der Waals surface area contributed by atoms with Gasteiger partial charge in [-0.3, -0.25) is 14.7 Å². The zero-order valence-corrected chi connectivity index (χ0v) is 14.8. The molecule has 2 heterocycles. The largest absolute Gasteiger partial charge is 0.302 e. The average Bonchev–Trinajstić information content (AvgIpc) is 3.00. The van der Waals surface area contributed by atoms with Crippen LogP contribution in [-0.4, -0.2) is 53.3 Å². The molecule has 0 unspecified atom stereocenters. The summed E-state index contributed by atoms with van der Waals surface area (Å²) in [5.74, 6) is 3.52. The smallest absolute Gasteiger partial charge is 0.256 e. The van der Waals surface area contributed by atoms with Crippen molar-refractivity contribution in [1.82, 2.24) is 9.80 Å². The van der Waals surface area contributed by atoms with Crippen LogP contribution in [0, 0.1) is 23.7 Å². The molecule has 0 aromatic rings. The monoisotopic (exact) mass is 305 g/mol. The minimum Gasteiger partial charge on any atom is -0.302 e. The first-order valence-electron chi connectivity index (χ1n) is 8.94. The van der Waals surface area contributed by atoms with Crippen LogP contribution < -0.4 is 0 Å². The van der Waals surface area contributed by atoms with Gasteiger partial charge in [0.15, 0.2) is 0 Å². The van der Waals surface area contributed by atoms with Crippen LogP contribution >= 0.6 is 0 Å². The number of hydrogen-bond acceptors (Lipinski definition) is 3. The molecular formula is C18H31N3O. The molecule has 3 atom stereocenters. The highest BCUT2D eigenvalue weighted by atomic mass is 16.2. The number of aliphatic imine (C=N–C) groups is 1. The highest BCUT2D eigenvalue weighted by Crippen LogP contribution is 2.50. The number of nitrogens with zero attached hydrogens (tertiary/aromatic N) is 3. The van der Waals surface area contributed by atoms with Gasteiger partial charge >= 0.3 is 0 Å². The van der Waals surface area contributed by atoms with Crippen LogP contribution in [0.5, 0.6) is 0 Å². The van der Waals surface area contributed by atoms with Crippen LogP contribution in [0.25, 0.3) is 0 Å². The molecule has 22 heavy (non-hydrogen) atoms. The molecular weight excluding hydrogens is 274 g/mol. The maximum atomic E-state index is 13.1. The minimum absolute atomic E-state index is 0.289. The standard InChI is InChI=1S/C18H31N3O/c1-12(2)8-20-10-15-6-7-18(16(15)11-20)17(22)21(9-13(3)4)14(5)19-18/h12-13,15-16H,6-11H2,1-5H3/t15-,16+,18-/m1/s1. The second kappa shape index (κ2) is 5.63. The van der Waals surface area contributed by atoms with Crippen LogP contribution in [0.2, 0.25) is 0 Å². The van der Waals surface area contributed by atoms with E-state index in [1.54, 1.807) is 0 Å². The molecule has 0 aromatic carbocycles. The SMILES string of the molecule is CC1=N[C@@]2(CC[C@@H]3CN(CC(C)C)C[C@@H]32)C(=O)N1CC(C)C. The van der Waals surface area contributed by atoms with Crippen molar-refractivity contribution in [1.29, 1.82) is 0 Å². The van der Waals surface area contributed by atoms with Gasteiger partial charge in [0.05, 0.1) is 0 Å². The minimum atomic E-state index is -0.421. The van der Waals surface area contributed by atoms with Gasteiger partial charge in [-0.2, -0.15) is 0 Å². The Balaban J connectivity index is 1.79. The Hall–Kier alpha value is -0.900. The second-order valence-corrected chi connectivity index (χ2v) is 8.41. The molecule has 2 aliphatic heterocycles. The topological polar surface area (TPSA) is 35.9 Å². The van der Waals surface area contributed by atoms with Gasteiger partial charge in [-0.1, -0.05) is 27.7 Å². The first-order valence-corrected chi connectivity index (χ1v) is 8.94. The maximum absolute atomic E-state index is 13.1. The Morgan fingerprint density at radius 3 is 2.50 bits per heavy atom. The molecule has 4 nitrogen and oxygen atoms in total.